The van der Waals surface area contributed by atoms with Crippen molar-refractivity contribution in [3.8, 4) is 0 Å². The molecule has 4 heteroatoms. The van der Waals surface area contributed by atoms with Crippen molar-refractivity contribution in [2.24, 2.45) is 0 Å². The third-order valence-electron chi connectivity index (χ3n) is 4.33. The predicted octanol–water partition coefficient (Wildman–Crippen LogP) is 5.74. The lowest BCUT2D eigenvalue weighted by molar-refractivity contribution is 0.422. The second-order valence-corrected chi connectivity index (χ2v) is 8.93. The molecule has 0 amide bonds. The first-order valence-electron chi connectivity index (χ1n) is 8.78. The molecule has 0 aromatic heterocycles. The lowest BCUT2D eigenvalue weighted by Gasteiger charge is -2.20. The standard InChI is InChI=1S/C17H36O3S/c1-4-5-6-7-8-9-10-11-12-13-14-15-16-17(2,3)21(18,19)20/h4-16H2,1-3H3,(H,18,19,20). The Kier molecular flexibility index (Phi) is 11.4. The predicted molar refractivity (Wildman–Crippen MR) is 91.3 cm³/mol. The van der Waals surface area contributed by atoms with Gasteiger partial charge in [0.25, 0.3) is 10.1 Å². The van der Waals surface area contributed by atoms with Crippen LogP contribution in [0.15, 0.2) is 0 Å². The van der Waals surface area contributed by atoms with Crippen LogP contribution in [0, 0.1) is 0 Å². The van der Waals surface area contributed by atoms with E-state index < -0.39 is 14.9 Å². The van der Waals surface area contributed by atoms with Crippen LogP contribution in [-0.4, -0.2) is 17.7 Å². The Morgan fingerprint density at radius 2 is 1.05 bits per heavy atom. The summed E-state index contributed by atoms with van der Waals surface area (Å²) < 4.78 is 30.4. The van der Waals surface area contributed by atoms with Crippen LogP contribution in [0.1, 0.15) is 104 Å². The number of rotatable bonds is 14. The summed E-state index contributed by atoms with van der Waals surface area (Å²) in [5.74, 6) is 0. The van der Waals surface area contributed by atoms with Crippen molar-refractivity contribution in [1.29, 1.82) is 0 Å². The van der Waals surface area contributed by atoms with Crippen molar-refractivity contribution in [3.05, 3.63) is 0 Å². The third kappa shape index (κ3) is 11.2. The zero-order chi connectivity index (χ0) is 16.2. The van der Waals surface area contributed by atoms with Gasteiger partial charge in [0, 0.05) is 0 Å². The number of unbranched alkanes of at least 4 members (excludes halogenated alkanes) is 11. The number of hydrogen-bond acceptors (Lipinski definition) is 2. The zero-order valence-corrected chi connectivity index (χ0v) is 15.2. The largest absolute Gasteiger partial charge is 0.285 e. The van der Waals surface area contributed by atoms with Gasteiger partial charge >= 0.3 is 0 Å². The normalized spacial score (nSPS) is 12.8. The van der Waals surface area contributed by atoms with Crippen molar-refractivity contribution in [3.63, 3.8) is 0 Å². The molecule has 21 heavy (non-hydrogen) atoms. The lowest BCUT2D eigenvalue weighted by Crippen LogP contribution is -2.31. The van der Waals surface area contributed by atoms with E-state index in [2.05, 4.69) is 6.92 Å². The highest BCUT2D eigenvalue weighted by molar-refractivity contribution is 7.87. The van der Waals surface area contributed by atoms with Crippen LogP contribution >= 0.6 is 0 Å². The van der Waals surface area contributed by atoms with E-state index >= 15 is 0 Å². The van der Waals surface area contributed by atoms with E-state index in [1.54, 1.807) is 13.8 Å². The van der Waals surface area contributed by atoms with Gasteiger partial charge in [0.05, 0.1) is 4.75 Å². The average Bonchev–Trinajstić information content (AvgIpc) is 2.38. The highest BCUT2D eigenvalue weighted by atomic mass is 32.2. The minimum Gasteiger partial charge on any atom is -0.285 e. The molecule has 0 aliphatic heterocycles. The minimum atomic E-state index is -3.92. The molecule has 0 rings (SSSR count). The van der Waals surface area contributed by atoms with Crippen LogP contribution in [0.5, 0.6) is 0 Å². The molecule has 0 atom stereocenters. The van der Waals surface area contributed by atoms with E-state index in [4.69, 9.17) is 4.55 Å². The van der Waals surface area contributed by atoms with Crippen LogP contribution in [0.4, 0.5) is 0 Å². The summed E-state index contributed by atoms with van der Waals surface area (Å²) in [6.45, 7) is 5.44. The quantitative estimate of drug-likeness (QED) is 0.328. The molecule has 0 spiro atoms. The van der Waals surface area contributed by atoms with E-state index in [0.717, 1.165) is 12.8 Å². The first kappa shape index (κ1) is 20.9. The summed E-state index contributed by atoms with van der Waals surface area (Å²) >= 11 is 0. The Hall–Kier alpha value is -0.0900. The van der Waals surface area contributed by atoms with Gasteiger partial charge in [-0.3, -0.25) is 4.55 Å². The Morgan fingerprint density at radius 3 is 1.38 bits per heavy atom. The third-order valence-corrected chi connectivity index (χ3v) is 5.93. The fourth-order valence-electron chi connectivity index (χ4n) is 2.52. The van der Waals surface area contributed by atoms with Gasteiger partial charge in [-0.1, -0.05) is 84.0 Å². The molecule has 0 saturated heterocycles. The van der Waals surface area contributed by atoms with Crippen molar-refractivity contribution in [2.75, 3.05) is 0 Å². The monoisotopic (exact) mass is 320 g/mol. The van der Waals surface area contributed by atoms with Gasteiger partial charge in [0.2, 0.25) is 0 Å². The van der Waals surface area contributed by atoms with Gasteiger partial charge in [-0.05, 0) is 20.3 Å². The summed E-state index contributed by atoms with van der Waals surface area (Å²) in [7, 11) is -3.92. The summed E-state index contributed by atoms with van der Waals surface area (Å²) in [5.41, 5.74) is 0. The van der Waals surface area contributed by atoms with Crippen LogP contribution in [-0.2, 0) is 10.1 Å². The van der Waals surface area contributed by atoms with Crippen LogP contribution in [0.25, 0.3) is 0 Å². The Balaban J connectivity index is 3.34. The van der Waals surface area contributed by atoms with Gasteiger partial charge in [-0.25, -0.2) is 0 Å². The maximum atomic E-state index is 11.1. The van der Waals surface area contributed by atoms with Gasteiger partial charge in [0.15, 0.2) is 0 Å². The molecule has 0 unspecified atom stereocenters. The molecule has 0 bridgehead atoms. The van der Waals surface area contributed by atoms with Gasteiger partial charge in [0.1, 0.15) is 0 Å². The zero-order valence-electron chi connectivity index (χ0n) is 14.4. The van der Waals surface area contributed by atoms with Crippen LogP contribution < -0.4 is 0 Å². The van der Waals surface area contributed by atoms with Crippen molar-refractivity contribution < 1.29 is 13.0 Å². The molecule has 128 valence electrons. The second kappa shape index (κ2) is 11.5. The summed E-state index contributed by atoms with van der Waals surface area (Å²) in [6.07, 6.45) is 15.8. The Morgan fingerprint density at radius 1 is 0.714 bits per heavy atom. The van der Waals surface area contributed by atoms with E-state index in [0.29, 0.717) is 6.42 Å². The van der Waals surface area contributed by atoms with E-state index in [9.17, 15) is 8.42 Å². The molecular weight excluding hydrogens is 284 g/mol. The first-order valence-corrected chi connectivity index (χ1v) is 10.2. The highest BCUT2D eigenvalue weighted by Gasteiger charge is 2.31. The maximum Gasteiger partial charge on any atom is 0.270 e. The second-order valence-electron chi connectivity index (χ2n) is 6.87. The molecule has 0 aliphatic rings. The van der Waals surface area contributed by atoms with Crippen molar-refractivity contribution in [1.82, 2.24) is 0 Å². The van der Waals surface area contributed by atoms with Crippen molar-refractivity contribution >= 4 is 10.1 Å². The maximum absolute atomic E-state index is 11.1. The van der Waals surface area contributed by atoms with Gasteiger partial charge in [-0.2, -0.15) is 8.42 Å². The summed E-state index contributed by atoms with van der Waals surface area (Å²) in [4.78, 5) is 0. The summed E-state index contributed by atoms with van der Waals surface area (Å²) in [5, 5.41) is 0. The molecule has 0 heterocycles. The van der Waals surface area contributed by atoms with E-state index in [1.165, 1.54) is 64.2 Å². The molecule has 0 saturated carbocycles. The van der Waals surface area contributed by atoms with Crippen molar-refractivity contribution in [2.45, 2.75) is 109 Å². The fraction of sp³-hybridized carbons (Fsp3) is 1.00. The highest BCUT2D eigenvalue weighted by Crippen LogP contribution is 2.23. The number of hydrogen-bond donors (Lipinski definition) is 1. The fourth-order valence-corrected chi connectivity index (χ4v) is 2.92. The Labute approximate surface area is 132 Å². The minimum absolute atomic E-state index is 0.545. The molecule has 0 fully saturated rings. The van der Waals surface area contributed by atoms with Gasteiger partial charge in [-0.15, -0.1) is 0 Å². The van der Waals surface area contributed by atoms with Gasteiger partial charge < -0.3 is 0 Å². The van der Waals surface area contributed by atoms with E-state index in [-0.39, 0.29) is 0 Å². The lowest BCUT2D eigenvalue weighted by atomic mass is 10.0. The first-order chi connectivity index (χ1) is 9.81. The molecule has 1 N–H and O–H groups in total. The molecule has 0 radical (unpaired) electrons. The molecule has 0 aliphatic carbocycles. The van der Waals surface area contributed by atoms with Crippen LogP contribution in [0.3, 0.4) is 0 Å². The van der Waals surface area contributed by atoms with Crippen LogP contribution in [0.2, 0.25) is 0 Å². The smallest absolute Gasteiger partial charge is 0.270 e. The van der Waals surface area contributed by atoms with E-state index in [1.807, 2.05) is 0 Å². The molecule has 0 aromatic carbocycles. The Bertz CT molecular complexity index is 334. The summed E-state index contributed by atoms with van der Waals surface area (Å²) in [6, 6.07) is 0. The average molecular weight is 321 g/mol. The SMILES string of the molecule is CCCCCCCCCCCCCCC(C)(C)S(=O)(=O)O. The molecule has 3 nitrogen and oxygen atoms in total. The molecule has 0 aromatic rings. The molecular formula is C17H36O3S. The topological polar surface area (TPSA) is 54.4 Å².